The molecule has 2 rings (SSSR count). The standard InChI is InChI=1S/C9H9BrO2/c10-7-3-1-2-6(4-7)9-8(5-11)12-9/h1-4,8-9,11H,5H2. The minimum Gasteiger partial charge on any atom is -0.394 e. The zero-order valence-corrected chi connectivity index (χ0v) is 7.99. The summed E-state index contributed by atoms with van der Waals surface area (Å²) in [4.78, 5) is 0. The number of halogens is 1. The van der Waals surface area contributed by atoms with Crippen LogP contribution in [0.1, 0.15) is 11.7 Å². The van der Waals surface area contributed by atoms with E-state index in [1.54, 1.807) is 0 Å². The molecule has 64 valence electrons. The zero-order valence-electron chi connectivity index (χ0n) is 6.40. The Morgan fingerprint density at radius 3 is 2.92 bits per heavy atom. The number of ether oxygens (including phenoxy) is 1. The zero-order chi connectivity index (χ0) is 8.55. The summed E-state index contributed by atoms with van der Waals surface area (Å²) in [5.74, 6) is 0. The Hall–Kier alpha value is -0.380. The third kappa shape index (κ3) is 1.53. The molecule has 0 amide bonds. The Morgan fingerprint density at radius 2 is 2.33 bits per heavy atom. The first-order valence-electron chi connectivity index (χ1n) is 3.83. The van der Waals surface area contributed by atoms with E-state index in [0.717, 1.165) is 10.0 Å². The van der Waals surface area contributed by atoms with E-state index in [0.29, 0.717) is 0 Å². The number of aliphatic hydroxyl groups excluding tert-OH is 1. The van der Waals surface area contributed by atoms with Gasteiger partial charge in [-0.25, -0.2) is 0 Å². The molecule has 1 aliphatic heterocycles. The molecule has 0 aromatic heterocycles. The molecule has 12 heavy (non-hydrogen) atoms. The molecule has 2 nitrogen and oxygen atoms in total. The lowest BCUT2D eigenvalue weighted by atomic mass is 10.1. The maximum Gasteiger partial charge on any atom is 0.112 e. The third-order valence-corrected chi connectivity index (χ3v) is 2.43. The lowest BCUT2D eigenvalue weighted by molar-refractivity contribution is 0.242. The molecule has 0 bridgehead atoms. The van der Waals surface area contributed by atoms with Crippen molar-refractivity contribution < 1.29 is 9.84 Å². The molecular formula is C9H9BrO2. The van der Waals surface area contributed by atoms with Crippen LogP contribution in [0, 0.1) is 0 Å². The van der Waals surface area contributed by atoms with Crippen LogP contribution in [0.25, 0.3) is 0 Å². The van der Waals surface area contributed by atoms with Gasteiger partial charge in [-0.3, -0.25) is 0 Å². The van der Waals surface area contributed by atoms with Crippen LogP contribution >= 0.6 is 15.9 Å². The lowest BCUT2D eigenvalue weighted by Crippen LogP contribution is -1.94. The van der Waals surface area contributed by atoms with Crippen molar-refractivity contribution in [3.05, 3.63) is 34.3 Å². The van der Waals surface area contributed by atoms with Gasteiger partial charge in [-0.2, -0.15) is 0 Å². The largest absolute Gasteiger partial charge is 0.394 e. The van der Waals surface area contributed by atoms with Crippen molar-refractivity contribution in [3.8, 4) is 0 Å². The van der Waals surface area contributed by atoms with Crippen molar-refractivity contribution in [3.63, 3.8) is 0 Å². The second kappa shape index (κ2) is 3.17. The average Bonchev–Trinajstić information content (AvgIpc) is 2.83. The van der Waals surface area contributed by atoms with Gasteiger partial charge in [0, 0.05) is 4.47 Å². The van der Waals surface area contributed by atoms with E-state index in [2.05, 4.69) is 15.9 Å². The van der Waals surface area contributed by atoms with Crippen LogP contribution in [-0.4, -0.2) is 17.8 Å². The highest BCUT2D eigenvalue weighted by Crippen LogP contribution is 2.38. The molecule has 0 aliphatic carbocycles. The minimum absolute atomic E-state index is 0.0132. The Labute approximate surface area is 79.3 Å². The highest BCUT2D eigenvalue weighted by atomic mass is 79.9. The van der Waals surface area contributed by atoms with Crippen molar-refractivity contribution in [1.29, 1.82) is 0 Å². The SMILES string of the molecule is OCC1OC1c1cccc(Br)c1. The molecule has 1 saturated heterocycles. The molecule has 1 aromatic rings. The Balaban J connectivity index is 2.14. The average molecular weight is 229 g/mol. The van der Waals surface area contributed by atoms with Crippen LogP contribution in [0.2, 0.25) is 0 Å². The fourth-order valence-electron chi connectivity index (χ4n) is 1.26. The number of hydrogen-bond donors (Lipinski definition) is 1. The van der Waals surface area contributed by atoms with Crippen molar-refractivity contribution in [2.45, 2.75) is 12.2 Å². The van der Waals surface area contributed by atoms with Crippen molar-refractivity contribution in [1.82, 2.24) is 0 Å². The monoisotopic (exact) mass is 228 g/mol. The molecule has 3 heteroatoms. The van der Waals surface area contributed by atoms with Crippen LogP contribution < -0.4 is 0 Å². The number of aliphatic hydroxyl groups is 1. The van der Waals surface area contributed by atoms with Gasteiger partial charge >= 0.3 is 0 Å². The normalized spacial score (nSPS) is 27.2. The summed E-state index contributed by atoms with van der Waals surface area (Å²) >= 11 is 3.38. The summed E-state index contributed by atoms with van der Waals surface area (Å²) in [5.41, 5.74) is 1.13. The Morgan fingerprint density at radius 1 is 1.50 bits per heavy atom. The van der Waals surface area contributed by atoms with Crippen LogP contribution in [0.3, 0.4) is 0 Å². The molecular weight excluding hydrogens is 220 g/mol. The van der Waals surface area contributed by atoms with Crippen LogP contribution in [-0.2, 0) is 4.74 Å². The van der Waals surface area contributed by atoms with E-state index in [4.69, 9.17) is 9.84 Å². The number of epoxide rings is 1. The number of rotatable bonds is 2. The summed E-state index contributed by atoms with van der Waals surface area (Å²) < 4.78 is 6.28. The Bertz CT molecular complexity index is 288. The van der Waals surface area contributed by atoms with Gasteiger partial charge in [0.2, 0.25) is 0 Å². The van der Waals surface area contributed by atoms with Gasteiger partial charge in [-0.05, 0) is 17.7 Å². The topological polar surface area (TPSA) is 32.8 Å². The van der Waals surface area contributed by atoms with E-state index in [1.165, 1.54) is 0 Å². The summed E-state index contributed by atoms with van der Waals surface area (Å²) in [6.07, 6.45) is 0.117. The van der Waals surface area contributed by atoms with Crippen LogP contribution in [0.15, 0.2) is 28.7 Å². The number of hydrogen-bond acceptors (Lipinski definition) is 2. The molecule has 1 aromatic carbocycles. The van der Waals surface area contributed by atoms with E-state index < -0.39 is 0 Å². The highest BCUT2D eigenvalue weighted by Gasteiger charge is 2.39. The fraction of sp³-hybridized carbons (Fsp3) is 0.333. The first-order valence-corrected chi connectivity index (χ1v) is 4.62. The summed E-state index contributed by atoms with van der Waals surface area (Å²) in [7, 11) is 0. The van der Waals surface area contributed by atoms with E-state index >= 15 is 0 Å². The second-order valence-electron chi connectivity index (χ2n) is 2.83. The molecule has 0 spiro atoms. The van der Waals surface area contributed by atoms with Gasteiger partial charge < -0.3 is 9.84 Å². The van der Waals surface area contributed by atoms with Crippen LogP contribution in [0.4, 0.5) is 0 Å². The molecule has 2 atom stereocenters. The molecule has 1 N–H and O–H groups in total. The lowest BCUT2D eigenvalue weighted by Gasteiger charge is -1.95. The van der Waals surface area contributed by atoms with E-state index in [-0.39, 0.29) is 18.8 Å². The maximum absolute atomic E-state index is 8.77. The second-order valence-corrected chi connectivity index (χ2v) is 3.75. The van der Waals surface area contributed by atoms with Gasteiger partial charge in [0.05, 0.1) is 6.61 Å². The fourth-order valence-corrected chi connectivity index (χ4v) is 1.68. The van der Waals surface area contributed by atoms with Gasteiger partial charge in [-0.15, -0.1) is 0 Å². The third-order valence-electron chi connectivity index (χ3n) is 1.94. The Kier molecular flexibility index (Phi) is 2.17. The maximum atomic E-state index is 8.77. The quantitative estimate of drug-likeness (QED) is 0.785. The van der Waals surface area contributed by atoms with Crippen molar-refractivity contribution >= 4 is 15.9 Å². The molecule has 0 radical (unpaired) electrons. The predicted octanol–water partition coefficient (Wildman–Crippen LogP) is 1.88. The summed E-state index contributed by atoms with van der Waals surface area (Å²) in [6.45, 7) is 0.108. The minimum atomic E-state index is 0.0132. The molecule has 2 unspecified atom stereocenters. The van der Waals surface area contributed by atoms with Crippen molar-refractivity contribution in [2.24, 2.45) is 0 Å². The predicted molar refractivity (Wildman–Crippen MR) is 48.8 cm³/mol. The number of benzene rings is 1. The molecule has 1 fully saturated rings. The van der Waals surface area contributed by atoms with Crippen molar-refractivity contribution in [2.75, 3.05) is 6.61 Å². The molecule has 1 heterocycles. The molecule has 0 saturated carbocycles. The summed E-state index contributed by atoms with van der Waals surface area (Å²) in [5, 5.41) is 8.77. The first kappa shape index (κ1) is 8.23. The van der Waals surface area contributed by atoms with E-state index in [9.17, 15) is 0 Å². The summed E-state index contributed by atoms with van der Waals surface area (Å²) in [6, 6.07) is 7.96. The highest BCUT2D eigenvalue weighted by molar-refractivity contribution is 9.10. The van der Waals surface area contributed by atoms with Crippen LogP contribution in [0.5, 0.6) is 0 Å². The van der Waals surface area contributed by atoms with Gasteiger partial charge in [0.1, 0.15) is 12.2 Å². The van der Waals surface area contributed by atoms with Gasteiger partial charge in [-0.1, -0.05) is 28.1 Å². The smallest absolute Gasteiger partial charge is 0.112 e. The first-order chi connectivity index (χ1) is 5.81. The van der Waals surface area contributed by atoms with Gasteiger partial charge in [0.25, 0.3) is 0 Å². The molecule has 1 aliphatic rings. The van der Waals surface area contributed by atoms with E-state index in [1.807, 2.05) is 24.3 Å². The van der Waals surface area contributed by atoms with Gasteiger partial charge in [0.15, 0.2) is 0 Å².